The van der Waals surface area contributed by atoms with Gasteiger partial charge in [-0.25, -0.2) is 0 Å². The maximum Gasteiger partial charge on any atom is 0.204 e. The predicted molar refractivity (Wildman–Crippen MR) is 74.6 cm³/mol. The molecule has 2 rings (SSSR count). The monoisotopic (exact) mass is 282 g/mol. The lowest BCUT2D eigenvalue weighted by molar-refractivity contribution is -0.0459. The smallest absolute Gasteiger partial charge is 0.204 e. The zero-order valence-corrected chi connectivity index (χ0v) is 12.3. The lowest BCUT2D eigenvalue weighted by atomic mass is 10.1. The SMILES string of the molecule is CCOc1ccc(C2OCCO2)c(OCC)c1OCC. The van der Waals surface area contributed by atoms with Crippen LogP contribution >= 0.6 is 0 Å². The predicted octanol–water partition coefficient (Wildman–Crippen LogP) is 2.93. The van der Waals surface area contributed by atoms with Crippen LogP contribution in [-0.4, -0.2) is 33.0 Å². The van der Waals surface area contributed by atoms with E-state index in [4.69, 9.17) is 23.7 Å². The third-order valence-corrected chi connectivity index (χ3v) is 2.86. The van der Waals surface area contributed by atoms with E-state index in [1.807, 2.05) is 32.9 Å². The molecule has 0 spiro atoms. The first-order valence-corrected chi connectivity index (χ1v) is 7.10. The summed E-state index contributed by atoms with van der Waals surface area (Å²) in [4.78, 5) is 0. The van der Waals surface area contributed by atoms with E-state index >= 15 is 0 Å². The number of rotatable bonds is 7. The van der Waals surface area contributed by atoms with Crippen molar-refractivity contribution in [2.75, 3.05) is 33.0 Å². The van der Waals surface area contributed by atoms with Gasteiger partial charge in [-0.05, 0) is 32.9 Å². The summed E-state index contributed by atoms with van der Waals surface area (Å²) in [5, 5.41) is 0. The molecule has 112 valence electrons. The summed E-state index contributed by atoms with van der Waals surface area (Å²) < 4.78 is 28.2. The number of benzene rings is 1. The van der Waals surface area contributed by atoms with Gasteiger partial charge in [0.15, 0.2) is 17.8 Å². The first kappa shape index (κ1) is 14.9. The fourth-order valence-corrected chi connectivity index (χ4v) is 2.13. The second-order valence-corrected chi connectivity index (χ2v) is 4.18. The molecule has 1 aliphatic rings. The fraction of sp³-hybridized carbons (Fsp3) is 0.600. The van der Waals surface area contributed by atoms with E-state index in [0.717, 1.165) is 5.56 Å². The van der Waals surface area contributed by atoms with E-state index in [1.165, 1.54) is 0 Å². The van der Waals surface area contributed by atoms with Crippen LogP contribution in [0.15, 0.2) is 12.1 Å². The van der Waals surface area contributed by atoms with Crippen LogP contribution in [0.2, 0.25) is 0 Å². The van der Waals surface area contributed by atoms with Gasteiger partial charge in [-0.3, -0.25) is 0 Å². The maximum atomic E-state index is 5.76. The molecule has 0 aliphatic carbocycles. The molecule has 0 N–H and O–H groups in total. The molecule has 1 heterocycles. The van der Waals surface area contributed by atoms with Gasteiger partial charge in [0, 0.05) is 0 Å². The summed E-state index contributed by atoms with van der Waals surface area (Å²) in [6.45, 7) is 8.63. The molecule has 0 saturated carbocycles. The van der Waals surface area contributed by atoms with Crippen LogP contribution in [0, 0.1) is 0 Å². The Morgan fingerprint density at radius 3 is 2.10 bits per heavy atom. The minimum atomic E-state index is -0.397. The molecule has 5 heteroatoms. The maximum absolute atomic E-state index is 5.76. The van der Waals surface area contributed by atoms with E-state index < -0.39 is 6.29 Å². The molecule has 0 amide bonds. The zero-order chi connectivity index (χ0) is 14.4. The van der Waals surface area contributed by atoms with E-state index in [2.05, 4.69) is 0 Å². The number of ether oxygens (including phenoxy) is 5. The van der Waals surface area contributed by atoms with Gasteiger partial charge in [0.05, 0.1) is 38.6 Å². The van der Waals surface area contributed by atoms with Gasteiger partial charge in [0.25, 0.3) is 0 Å². The molecule has 5 nitrogen and oxygen atoms in total. The lowest BCUT2D eigenvalue weighted by Crippen LogP contribution is -2.08. The van der Waals surface area contributed by atoms with Crippen molar-refractivity contribution in [1.29, 1.82) is 0 Å². The highest BCUT2D eigenvalue weighted by molar-refractivity contribution is 5.56. The third kappa shape index (κ3) is 3.16. The molecular weight excluding hydrogens is 260 g/mol. The molecule has 1 fully saturated rings. The largest absolute Gasteiger partial charge is 0.490 e. The molecule has 0 atom stereocenters. The molecular formula is C15H22O5. The lowest BCUT2D eigenvalue weighted by Gasteiger charge is -2.20. The van der Waals surface area contributed by atoms with Crippen molar-refractivity contribution in [3.8, 4) is 17.2 Å². The highest BCUT2D eigenvalue weighted by atomic mass is 16.7. The molecule has 1 aromatic carbocycles. The van der Waals surface area contributed by atoms with Crippen molar-refractivity contribution in [3.63, 3.8) is 0 Å². The summed E-state index contributed by atoms with van der Waals surface area (Å²) in [5.41, 5.74) is 0.844. The number of hydrogen-bond donors (Lipinski definition) is 0. The van der Waals surface area contributed by atoms with Gasteiger partial charge in [-0.15, -0.1) is 0 Å². The van der Waals surface area contributed by atoms with Crippen molar-refractivity contribution >= 4 is 0 Å². The van der Waals surface area contributed by atoms with E-state index in [-0.39, 0.29) is 0 Å². The standard InChI is InChI=1S/C15H22O5/c1-4-16-12-8-7-11(15-19-9-10-20-15)13(17-5-2)14(12)18-6-3/h7-8,15H,4-6,9-10H2,1-3H3. The number of hydrogen-bond acceptors (Lipinski definition) is 5. The third-order valence-electron chi connectivity index (χ3n) is 2.86. The Morgan fingerprint density at radius 2 is 1.50 bits per heavy atom. The van der Waals surface area contributed by atoms with Crippen molar-refractivity contribution < 1.29 is 23.7 Å². The topological polar surface area (TPSA) is 46.2 Å². The van der Waals surface area contributed by atoms with Crippen LogP contribution in [0.3, 0.4) is 0 Å². The van der Waals surface area contributed by atoms with Crippen LogP contribution in [0.25, 0.3) is 0 Å². The van der Waals surface area contributed by atoms with Crippen LogP contribution in [0.4, 0.5) is 0 Å². The van der Waals surface area contributed by atoms with E-state index in [1.54, 1.807) is 0 Å². The minimum Gasteiger partial charge on any atom is -0.490 e. The van der Waals surface area contributed by atoms with Crippen LogP contribution in [0.1, 0.15) is 32.6 Å². The molecule has 0 aromatic heterocycles. The first-order valence-electron chi connectivity index (χ1n) is 7.10. The molecule has 0 unspecified atom stereocenters. The Hall–Kier alpha value is -1.46. The summed E-state index contributed by atoms with van der Waals surface area (Å²) in [5.74, 6) is 1.94. The molecule has 1 aromatic rings. The van der Waals surface area contributed by atoms with Crippen LogP contribution in [-0.2, 0) is 9.47 Å². The highest BCUT2D eigenvalue weighted by Crippen LogP contribution is 2.44. The minimum absolute atomic E-state index is 0.397. The summed E-state index contributed by atoms with van der Waals surface area (Å²) in [6, 6.07) is 3.78. The average Bonchev–Trinajstić information content (AvgIpc) is 2.97. The Kier molecular flexibility index (Phi) is 5.49. The summed E-state index contributed by atoms with van der Waals surface area (Å²) >= 11 is 0. The Bertz CT molecular complexity index is 427. The van der Waals surface area contributed by atoms with Gasteiger partial charge in [-0.1, -0.05) is 0 Å². The Morgan fingerprint density at radius 1 is 0.900 bits per heavy atom. The van der Waals surface area contributed by atoms with Crippen molar-refractivity contribution in [3.05, 3.63) is 17.7 Å². The molecule has 0 bridgehead atoms. The average molecular weight is 282 g/mol. The fourth-order valence-electron chi connectivity index (χ4n) is 2.13. The highest BCUT2D eigenvalue weighted by Gasteiger charge is 2.26. The van der Waals surface area contributed by atoms with Crippen molar-refractivity contribution in [1.82, 2.24) is 0 Å². The molecule has 0 radical (unpaired) electrons. The second kappa shape index (κ2) is 7.36. The molecule has 20 heavy (non-hydrogen) atoms. The van der Waals surface area contributed by atoms with Gasteiger partial charge < -0.3 is 23.7 Å². The quantitative estimate of drug-likeness (QED) is 0.769. The normalized spacial score (nSPS) is 15.3. The Labute approximate surface area is 119 Å². The van der Waals surface area contributed by atoms with Gasteiger partial charge >= 0.3 is 0 Å². The van der Waals surface area contributed by atoms with Gasteiger partial charge in [0.2, 0.25) is 5.75 Å². The van der Waals surface area contributed by atoms with Crippen LogP contribution in [0.5, 0.6) is 17.2 Å². The van der Waals surface area contributed by atoms with Gasteiger partial charge in [-0.2, -0.15) is 0 Å². The first-order chi connectivity index (χ1) is 9.81. The second-order valence-electron chi connectivity index (χ2n) is 4.18. The summed E-state index contributed by atoms with van der Waals surface area (Å²) in [7, 11) is 0. The molecule has 1 saturated heterocycles. The van der Waals surface area contributed by atoms with E-state index in [9.17, 15) is 0 Å². The van der Waals surface area contributed by atoms with Gasteiger partial charge in [0.1, 0.15) is 0 Å². The van der Waals surface area contributed by atoms with Crippen molar-refractivity contribution in [2.45, 2.75) is 27.1 Å². The van der Waals surface area contributed by atoms with Crippen molar-refractivity contribution in [2.24, 2.45) is 0 Å². The van der Waals surface area contributed by atoms with E-state index in [0.29, 0.717) is 50.3 Å². The Balaban J connectivity index is 2.42. The van der Waals surface area contributed by atoms with Crippen LogP contribution < -0.4 is 14.2 Å². The molecule has 1 aliphatic heterocycles. The zero-order valence-electron chi connectivity index (χ0n) is 12.3. The summed E-state index contributed by atoms with van der Waals surface area (Å²) in [6.07, 6.45) is -0.397.